The zero-order valence-electron chi connectivity index (χ0n) is 8.86. The maximum absolute atomic E-state index is 9.63. The molecule has 0 bridgehead atoms. The molecule has 0 heterocycles. The van der Waals surface area contributed by atoms with E-state index in [2.05, 4.69) is 13.8 Å². The number of unbranched alkanes of at least 4 members (excludes halogenated alkanes) is 2. The van der Waals surface area contributed by atoms with Crippen molar-refractivity contribution >= 4 is 28.9 Å². The minimum absolute atomic E-state index is 0. The van der Waals surface area contributed by atoms with Crippen molar-refractivity contribution in [2.24, 2.45) is 0 Å². The molecule has 0 aromatic carbocycles. The smallest absolute Gasteiger partial charge is 0.244 e. The van der Waals surface area contributed by atoms with Gasteiger partial charge in [0.25, 0.3) is 0 Å². The Morgan fingerprint density at radius 3 is 2.36 bits per heavy atom. The molecule has 14 heavy (non-hydrogen) atoms. The summed E-state index contributed by atoms with van der Waals surface area (Å²) in [4.78, 5) is 9.63. The summed E-state index contributed by atoms with van der Waals surface area (Å²) < 4.78 is 5.26. The van der Waals surface area contributed by atoms with Gasteiger partial charge < -0.3 is 9.42 Å². The van der Waals surface area contributed by atoms with Gasteiger partial charge in [0.2, 0.25) is 5.69 Å². The standard InChI is InChI=1S/C8H19O2PS2.Ce/c1-3-5-7-10-11(9,12)13-8-6-4-2;/h3-8H2,1-2H3,(H,9,12);. The molecular weight excluding hydrogens is 363 g/mol. The van der Waals surface area contributed by atoms with Crippen LogP contribution in [0.2, 0.25) is 0 Å². The Morgan fingerprint density at radius 1 is 1.29 bits per heavy atom. The third kappa shape index (κ3) is 12.4. The molecule has 0 aliphatic heterocycles. The Balaban J connectivity index is 0. The molecule has 0 saturated heterocycles. The van der Waals surface area contributed by atoms with Gasteiger partial charge in [0.15, 0.2) is 0 Å². The molecule has 2 nitrogen and oxygen atoms in total. The third-order valence-electron chi connectivity index (χ3n) is 1.50. The minimum atomic E-state index is -2.50. The van der Waals surface area contributed by atoms with Crippen LogP contribution < -0.4 is 0 Å². The van der Waals surface area contributed by atoms with E-state index >= 15 is 0 Å². The molecule has 1 unspecified atom stereocenters. The van der Waals surface area contributed by atoms with Crippen molar-refractivity contribution in [1.29, 1.82) is 0 Å². The van der Waals surface area contributed by atoms with E-state index in [0.29, 0.717) is 6.61 Å². The van der Waals surface area contributed by atoms with Gasteiger partial charge in [-0.1, -0.05) is 38.1 Å². The van der Waals surface area contributed by atoms with Crippen LogP contribution in [0, 0.1) is 41.7 Å². The molecule has 0 aromatic rings. The van der Waals surface area contributed by atoms with Crippen molar-refractivity contribution < 1.29 is 51.2 Å². The summed E-state index contributed by atoms with van der Waals surface area (Å²) in [6, 6.07) is 0. The van der Waals surface area contributed by atoms with Crippen LogP contribution in [0.25, 0.3) is 0 Å². The predicted molar refractivity (Wildman–Crippen MR) is 64.7 cm³/mol. The minimum Gasteiger partial charge on any atom is -0.337 e. The van der Waals surface area contributed by atoms with Crippen LogP contribution in [0.4, 0.5) is 0 Å². The van der Waals surface area contributed by atoms with E-state index in [9.17, 15) is 4.89 Å². The zero-order chi connectivity index (χ0) is 10.2. The molecule has 0 radical (unpaired) electrons. The van der Waals surface area contributed by atoms with E-state index < -0.39 is 5.69 Å². The van der Waals surface area contributed by atoms with E-state index in [-0.39, 0.29) is 41.7 Å². The Morgan fingerprint density at radius 2 is 1.86 bits per heavy atom. The first-order chi connectivity index (χ1) is 6.12. The van der Waals surface area contributed by atoms with Gasteiger partial charge in [0.05, 0.1) is 6.61 Å². The molecule has 1 N–H and O–H groups in total. The molecule has 0 aromatic heterocycles. The van der Waals surface area contributed by atoms with E-state index in [1.54, 1.807) is 0 Å². The van der Waals surface area contributed by atoms with E-state index in [0.717, 1.165) is 31.4 Å². The summed E-state index contributed by atoms with van der Waals surface area (Å²) in [5, 5.41) is 0. The number of hydrogen-bond acceptors (Lipinski definition) is 3. The van der Waals surface area contributed by atoms with Gasteiger partial charge >= 0.3 is 0 Å². The van der Waals surface area contributed by atoms with Crippen molar-refractivity contribution in [3.05, 3.63) is 0 Å². The van der Waals surface area contributed by atoms with Crippen LogP contribution in [0.15, 0.2) is 0 Å². The fraction of sp³-hybridized carbons (Fsp3) is 1.00. The van der Waals surface area contributed by atoms with Crippen molar-refractivity contribution in [1.82, 2.24) is 0 Å². The molecule has 0 aliphatic carbocycles. The Bertz CT molecular complexity index is 155. The largest absolute Gasteiger partial charge is 0.337 e. The Labute approximate surface area is 130 Å². The maximum Gasteiger partial charge on any atom is 0.244 e. The van der Waals surface area contributed by atoms with Crippen LogP contribution in [0.5, 0.6) is 0 Å². The average Bonchev–Trinajstić information content (AvgIpc) is 2.05. The van der Waals surface area contributed by atoms with Gasteiger partial charge in [-0.2, -0.15) is 0 Å². The monoisotopic (exact) mass is 382 g/mol. The van der Waals surface area contributed by atoms with Gasteiger partial charge in [-0.25, -0.2) is 0 Å². The van der Waals surface area contributed by atoms with Gasteiger partial charge in [-0.3, -0.25) is 0 Å². The number of rotatable bonds is 8. The second kappa shape index (κ2) is 11.8. The summed E-state index contributed by atoms with van der Waals surface area (Å²) in [5.41, 5.74) is -2.50. The molecule has 6 heteroatoms. The molecule has 1 atom stereocenters. The topological polar surface area (TPSA) is 29.5 Å². The fourth-order valence-corrected chi connectivity index (χ4v) is 4.19. The van der Waals surface area contributed by atoms with Crippen molar-refractivity contribution in [2.45, 2.75) is 39.5 Å². The molecule has 0 spiro atoms. The summed E-state index contributed by atoms with van der Waals surface area (Å²) in [7, 11) is 0. The van der Waals surface area contributed by atoms with Gasteiger partial charge in [0, 0.05) is 47.5 Å². The molecule has 84 valence electrons. The first-order valence-electron chi connectivity index (χ1n) is 4.74. The van der Waals surface area contributed by atoms with Crippen LogP contribution in [0.1, 0.15) is 39.5 Å². The molecule has 0 rings (SSSR count). The van der Waals surface area contributed by atoms with Crippen LogP contribution in [-0.2, 0) is 16.3 Å². The quantitative estimate of drug-likeness (QED) is 0.514. The summed E-state index contributed by atoms with van der Waals surface area (Å²) in [6.45, 7) is 4.82. The van der Waals surface area contributed by atoms with E-state index in [4.69, 9.17) is 16.3 Å². The second-order valence-electron chi connectivity index (χ2n) is 2.84. The van der Waals surface area contributed by atoms with Crippen molar-refractivity contribution in [3.8, 4) is 0 Å². The van der Waals surface area contributed by atoms with Crippen molar-refractivity contribution in [3.63, 3.8) is 0 Å². The zero-order valence-corrected chi connectivity index (χ0v) is 14.5. The molecule has 0 aliphatic rings. The maximum atomic E-state index is 9.63. The van der Waals surface area contributed by atoms with Crippen LogP contribution in [-0.4, -0.2) is 17.3 Å². The van der Waals surface area contributed by atoms with E-state index in [1.807, 2.05) is 0 Å². The molecule has 0 amide bonds. The first-order valence-corrected chi connectivity index (χ1v) is 9.00. The average molecular weight is 382 g/mol. The molecular formula is C8H19CeO2PS2. The Kier molecular flexibility index (Phi) is 15.7. The van der Waals surface area contributed by atoms with Gasteiger partial charge in [-0.05, 0) is 24.6 Å². The summed E-state index contributed by atoms with van der Waals surface area (Å²) in [6.07, 6.45) is 4.29. The molecule has 0 fully saturated rings. The summed E-state index contributed by atoms with van der Waals surface area (Å²) in [5.74, 6) is 0.913. The van der Waals surface area contributed by atoms with Gasteiger partial charge in [-0.15, -0.1) is 0 Å². The molecule has 0 saturated carbocycles. The predicted octanol–water partition coefficient (Wildman–Crippen LogP) is 3.55. The van der Waals surface area contributed by atoms with E-state index in [1.165, 1.54) is 11.4 Å². The number of hydrogen-bond donors (Lipinski definition) is 1. The normalized spacial score (nSPS) is 14.5. The van der Waals surface area contributed by atoms with Crippen molar-refractivity contribution in [2.75, 3.05) is 12.4 Å². The van der Waals surface area contributed by atoms with Gasteiger partial charge in [0.1, 0.15) is 0 Å². The third-order valence-corrected chi connectivity index (χ3v) is 5.92. The second-order valence-corrected chi connectivity index (χ2v) is 9.14. The van der Waals surface area contributed by atoms with Crippen LogP contribution in [0.3, 0.4) is 0 Å². The summed E-state index contributed by atoms with van der Waals surface area (Å²) >= 11 is 6.39. The fourth-order valence-electron chi connectivity index (χ4n) is 0.686. The van der Waals surface area contributed by atoms with Crippen LogP contribution >= 0.6 is 17.1 Å². The Hall–Kier alpha value is 2.30. The SMILES string of the molecule is CCCCOP(O)(=S)SCCCC.[Ce]. The first kappa shape index (κ1) is 18.7.